The van der Waals surface area contributed by atoms with Gasteiger partial charge >= 0.3 is 5.97 Å². The van der Waals surface area contributed by atoms with E-state index < -0.39 is 11.9 Å². The number of hydrogen-bond acceptors (Lipinski definition) is 5. The quantitative estimate of drug-likeness (QED) is 0.872. The minimum Gasteiger partial charge on any atom is -0.493 e. The summed E-state index contributed by atoms with van der Waals surface area (Å²) in [7, 11) is 1.49. The van der Waals surface area contributed by atoms with E-state index in [0.717, 1.165) is 6.42 Å². The average Bonchev–Trinajstić information content (AvgIpc) is 3.02. The van der Waals surface area contributed by atoms with Crippen LogP contribution in [0.15, 0.2) is 12.1 Å². The lowest BCUT2D eigenvalue weighted by molar-refractivity contribution is -0.142. The Balaban J connectivity index is 1.81. The van der Waals surface area contributed by atoms with Gasteiger partial charge < -0.3 is 24.6 Å². The first kappa shape index (κ1) is 15.5. The monoisotopic (exact) mass is 321 g/mol. The number of carboxylic acid groups (broad SMARTS) is 1. The van der Waals surface area contributed by atoms with E-state index in [1.165, 1.54) is 7.11 Å². The number of carbonyl (C=O) groups is 2. The third kappa shape index (κ3) is 3.04. The van der Waals surface area contributed by atoms with E-state index in [0.29, 0.717) is 48.9 Å². The molecule has 1 saturated carbocycles. The summed E-state index contributed by atoms with van der Waals surface area (Å²) >= 11 is 0. The molecule has 0 radical (unpaired) electrons. The number of ether oxygens (including phenoxy) is 3. The Morgan fingerprint density at radius 1 is 1.26 bits per heavy atom. The largest absolute Gasteiger partial charge is 0.493 e. The SMILES string of the molecule is COc1cc(C(=O)N[C@@H]2CCC[C@@H]2C(=O)O)cc2c1OCCO2. The number of rotatable bonds is 4. The van der Waals surface area contributed by atoms with Crippen molar-refractivity contribution in [3.8, 4) is 17.2 Å². The molecule has 0 spiro atoms. The van der Waals surface area contributed by atoms with Crippen LogP contribution < -0.4 is 19.5 Å². The zero-order chi connectivity index (χ0) is 16.4. The third-order valence-corrected chi connectivity index (χ3v) is 4.24. The van der Waals surface area contributed by atoms with Gasteiger partial charge in [0.1, 0.15) is 13.2 Å². The fourth-order valence-electron chi connectivity index (χ4n) is 3.08. The van der Waals surface area contributed by atoms with Gasteiger partial charge in [-0.1, -0.05) is 6.42 Å². The van der Waals surface area contributed by atoms with Crippen LogP contribution in [0.25, 0.3) is 0 Å². The van der Waals surface area contributed by atoms with Crippen molar-refractivity contribution in [3.63, 3.8) is 0 Å². The lowest BCUT2D eigenvalue weighted by Gasteiger charge is -2.22. The molecule has 2 aliphatic rings. The van der Waals surface area contributed by atoms with E-state index in [-0.39, 0.29) is 11.9 Å². The highest BCUT2D eigenvalue weighted by atomic mass is 16.6. The average molecular weight is 321 g/mol. The molecule has 0 bridgehead atoms. The first-order valence-electron chi connectivity index (χ1n) is 7.61. The normalized spacial score (nSPS) is 22.5. The van der Waals surface area contributed by atoms with Crippen LogP contribution in [0.3, 0.4) is 0 Å². The molecular formula is C16H19NO6. The van der Waals surface area contributed by atoms with Crippen molar-refractivity contribution >= 4 is 11.9 Å². The van der Waals surface area contributed by atoms with Gasteiger partial charge in [0.25, 0.3) is 5.91 Å². The van der Waals surface area contributed by atoms with Crippen LogP contribution in [0.1, 0.15) is 29.6 Å². The molecule has 23 heavy (non-hydrogen) atoms. The summed E-state index contributed by atoms with van der Waals surface area (Å²) in [5, 5.41) is 12.0. The molecule has 7 heteroatoms. The number of methoxy groups -OCH3 is 1. The first-order valence-corrected chi connectivity index (χ1v) is 7.61. The molecule has 0 saturated heterocycles. The highest BCUT2D eigenvalue weighted by Gasteiger charge is 2.34. The molecule has 2 atom stereocenters. The number of benzene rings is 1. The Morgan fingerprint density at radius 2 is 2.04 bits per heavy atom. The van der Waals surface area contributed by atoms with Crippen LogP contribution in [0.5, 0.6) is 17.2 Å². The maximum absolute atomic E-state index is 12.5. The van der Waals surface area contributed by atoms with Crippen LogP contribution in [0.2, 0.25) is 0 Å². The lowest BCUT2D eigenvalue weighted by atomic mass is 10.0. The number of aliphatic carboxylic acids is 1. The first-order chi connectivity index (χ1) is 11.1. The molecular weight excluding hydrogens is 302 g/mol. The summed E-state index contributed by atoms with van der Waals surface area (Å²) in [5.41, 5.74) is 0.363. The van der Waals surface area contributed by atoms with Crippen molar-refractivity contribution < 1.29 is 28.9 Å². The van der Waals surface area contributed by atoms with Gasteiger partial charge in [-0.15, -0.1) is 0 Å². The summed E-state index contributed by atoms with van der Waals surface area (Å²) in [4.78, 5) is 23.7. The number of hydrogen-bond donors (Lipinski definition) is 2. The van der Waals surface area contributed by atoms with E-state index in [4.69, 9.17) is 14.2 Å². The highest BCUT2D eigenvalue weighted by molar-refractivity contribution is 5.96. The van der Waals surface area contributed by atoms with Gasteiger partial charge in [-0.3, -0.25) is 9.59 Å². The topological polar surface area (TPSA) is 94.1 Å². The molecule has 3 rings (SSSR count). The summed E-state index contributed by atoms with van der Waals surface area (Å²) in [5.74, 6) is -0.362. The fraction of sp³-hybridized carbons (Fsp3) is 0.500. The molecule has 1 aromatic rings. The molecule has 1 amide bonds. The molecule has 1 heterocycles. The number of amides is 1. The molecule has 1 aliphatic carbocycles. The van der Waals surface area contributed by atoms with Gasteiger partial charge in [0.15, 0.2) is 11.5 Å². The van der Waals surface area contributed by atoms with E-state index in [1.807, 2.05) is 0 Å². The zero-order valence-electron chi connectivity index (χ0n) is 12.8. The summed E-state index contributed by atoms with van der Waals surface area (Å²) in [6, 6.07) is 2.82. The lowest BCUT2D eigenvalue weighted by Crippen LogP contribution is -2.40. The smallest absolute Gasteiger partial charge is 0.308 e. The van der Waals surface area contributed by atoms with Crippen molar-refractivity contribution in [2.24, 2.45) is 5.92 Å². The summed E-state index contributed by atoms with van der Waals surface area (Å²) in [6.07, 6.45) is 2.06. The van der Waals surface area contributed by atoms with Crippen LogP contribution >= 0.6 is 0 Å². The predicted molar refractivity (Wildman–Crippen MR) is 80.2 cm³/mol. The minimum absolute atomic E-state index is 0.335. The van der Waals surface area contributed by atoms with Gasteiger partial charge in [0.2, 0.25) is 5.75 Å². The van der Waals surface area contributed by atoms with Gasteiger partial charge in [-0.2, -0.15) is 0 Å². The molecule has 0 unspecified atom stereocenters. The molecule has 124 valence electrons. The van der Waals surface area contributed by atoms with Crippen molar-refractivity contribution in [2.75, 3.05) is 20.3 Å². The second-order valence-corrected chi connectivity index (χ2v) is 5.66. The summed E-state index contributed by atoms with van der Waals surface area (Å²) in [6.45, 7) is 0.836. The van der Waals surface area contributed by atoms with E-state index in [1.54, 1.807) is 12.1 Å². The van der Waals surface area contributed by atoms with Crippen LogP contribution in [0.4, 0.5) is 0 Å². The van der Waals surface area contributed by atoms with E-state index >= 15 is 0 Å². The third-order valence-electron chi connectivity index (χ3n) is 4.24. The second kappa shape index (κ2) is 6.36. The van der Waals surface area contributed by atoms with Crippen LogP contribution in [0, 0.1) is 5.92 Å². The van der Waals surface area contributed by atoms with E-state index in [2.05, 4.69) is 5.32 Å². The molecule has 2 N–H and O–H groups in total. The molecule has 0 aromatic heterocycles. The Morgan fingerprint density at radius 3 is 2.78 bits per heavy atom. The molecule has 1 aliphatic heterocycles. The molecule has 1 aromatic carbocycles. The van der Waals surface area contributed by atoms with Crippen molar-refractivity contribution in [3.05, 3.63) is 17.7 Å². The van der Waals surface area contributed by atoms with Crippen molar-refractivity contribution in [1.29, 1.82) is 0 Å². The Labute approximate surface area is 133 Å². The Hall–Kier alpha value is -2.44. The van der Waals surface area contributed by atoms with Crippen LogP contribution in [-0.2, 0) is 4.79 Å². The second-order valence-electron chi connectivity index (χ2n) is 5.66. The Bertz CT molecular complexity index is 612. The van der Waals surface area contributed by atoms with Crippen molar-refractivity contribution in [1.82, 2.24) is 5.32 Å². The minimum atomic E-state index is -0.868. The van der Waals surface area contributed by atoms with E-state index in [9.17, 15) is 14.7 Å². The predicted octanol–water partition coefficient (Wildman–Crippen LogP) is 1.45. The number of fused-ring (bicyclic) bond motifs is 1. The Kier molecular flexibility index (Phi) is 4.27. The van der Waals surface area contributed by atoms with Gasteiger partial charge in [0.05, 0.1) is 13.0 Å². The summed E-state index contributed by atoms with van der Waals surface area (Å²) < 4.78 is 16.3. The highest BCUT2D eigenvalue weighted by Crippen LogP contribution is 2.40. The number of carboxylic acids is 1. The van der Waals surface area contributed by atoms with Gasteiger partial charge in [0, 0.05) is 11.6 Å². The standard InChI is InChI=1S/C16H19NO6/c1-21-12-7-9(8-13-14(12)23-6-5-22-13)15(18)17-11-4-2-3-10(11)16(19)20/h7-8,10-11H,2-6H2,1H3,(H,17,18)(H,19,20)/t10-,11+/m0/s1. The number of nitrogens with one attached hydrogen (secondary N) is 1. The van der Waals surface area contributed by atoms with Gasteiger partial charge in [-0.05, 0) is 25.0 Å². The number of carbonyl (C=O) groups excluding carboxylic acids is 1. The van der Waals surface area contributed by atoms with Crippen molar-refractivity contribution in [2.45, 2.75) is 25.3 Å². The zero-order valence-corrected chi connectivity index (χ0v) is 12.8. The maximum atomic E-state index is 12.5. The molecule has 1 fully saturated rings. The van der Waals surface area contributed by atoms with Crippen LogP contribution in [-0.4, -0.2) is 43.3 Å². The molecule has 7 nitrogen and oxygen atoms in total. The fourth-order valence-corrected chi connectivity index (χ4v) is 3.08. The maximum Gasteiger partial charge on any atom is 0.308 e. The van der Waals surface area contributed by atoms with Gasteiger partial charge in [-0.25, -0.2) is 0 Å².